The van der Waals surface area contributed by atoms with E-state index in [0.29, 0.717) is 5.57 Å². The first kappa shape index (κ1) is 24.6. The number of nitrogens with one attached hydrogen (secondary N) is 1. The maximum Gasteiger partial charge on any atom is 0.403 e. The smallest absolute Gasteiger partial charge is 0.403 e. The van der Waals surface area contributed by atoms with Crippen molar-refractivity contribution in [2.75, 3.05) is 6.61 Å². The quantitative estimate of drug-likeness (QED) is 0.368. The van der Waals surface area contributed by atoms with Gasteiger partial charge in [-0.2, -0.15) is 0 Å². The van der Waals surface area contributed by atoms with Crippen molar-refractivity contribution in [3.8, 4) is 0 Å². The Balaban J connectivity index is 2.01. The van der Waals surface area contributed by atoms with Crippen LogP contribution in [0, 0.1) is 0 Å². The number of ether oxygens (including phenoxy) is 2. The summed E-state index contributed by atoms with van der Waals surface area (Å²) in [6, 6.07) is -1.15. The van der Waals surface area contributed by atoms with Crippen LogP contribution in [0.15, 0.2) is 24.4 Å². The number of nitrogens with zero attached hydrogens (tertiary/aromatic N) is 1. The number of aliphatic hydroxyl groups is 1. The predicted molar refractivity (Wildman–Crippen MR) is 104 cm³/mol. The summed E-state index contributed by atoms with van der Waals surface area (Å²) in [5, 5.41) is 12.4. The summed E-state index contributed by atoms with van der Waals surface area (Å²) in [6.07, 6.45) is -2.12. The molecule has 2 aliphatic heterocycles. The number of hydrogen-bond acceptors (Lipinski definition) is 7. The minimum Gasteiger partial charge on any atom is -0.462 e. The molecule has 170 valence electrons. The van der Waals surface area contributed by atoms with E-state index in [2.05, 4.69) is 11.7 Å². The van der Waals surface area contributed by atoms with Crippen LogP contribution >= 0.6 is 7.75 Å². The minimum absolute atomic E-state index is 0.0240. The third-order valence-corrected chi connectivity index (χ3v) is 5.80. The van der Waals surface area contributed by atoms with Gasteiger partial charge in [-0.05, 0) is 39.3 Å². The van der Waals surface area contributed by atoms with Crippen molar-refractivity contribution in [2.24, 2.45) is 0 Å². The van der Waals surface area contributed by atoms with Gasteiger partial charge in [-0.15, -0.1) is 0 Å². The highest BCUT2D eigenvalue weighted by Gasteiger charge is 2.57. The van der Waals surface area contributed by atoms with Crippen molar-refractivity contribution >= 4 is 19.6 Å². The summed E-state index contributed by atoms with van der Waals surface area (Å²) in [5.41, 5.74) is -1.82. The molecule has 0 aromatic carbocycles. The fraction of sp³-hybridized carbons (Fsp3) is 0.667. The molecule has 3 N–H and O–H groups in total. The largest absolute Gasteiger partial charge is 0.462 e. The lowest BCUT2D eigenvalue weighted by molar-refractivity contribution is -0.149. The zero-order valence-electron chi connectivity index (χ0n) is 17.3. The lowest BCUT2D eigenvalue weighted by Gasteiger charge is -2.33. The van der Waals surface area contributed by atoms with Crippen molar-refractivity contribution < 1.29 is 42.5 Å². The molecule has 0 spiro atoms. The zero-order chi connectivity index (χ0) is 22.9. The molecule has 0 radical (unpaired) electrons. The fourth-order valence-electron chi connectivity index (χ4n) is 3.02. The lowest BCUT2D eigenvalue weighted by atomic mass is 9.97. The van der Waals surface area contributed by atoms with Gasteiger partial charge in [0.1, 0.15) is 18.2 Å². The van der Waals surface area contributed by atoms with Gasteiger partial charge in [0.25, 0.3) is 0 Å². The maximum atomic E-state index is 15.1. The number of carbonyl (C=O) groups excluding carboxylic acids is 2. The Kier molecular flexibility index (Phi) is 7.60. The Labute approximate surface area is 174 Å². The Bertz CT molecular complexity index is 771. The van der Waals surface area contributed by atoms with Crippen LogP contribution < -0.4 is 5.09 Å². The number of halogens is 1. The molecule has 12 heteroatoms. The topological polar surface area (TPSA) is 135 Å². The summed E-state index contributed by atoms with van der Waals surface area (Å²) in [6.45, 7) is 8.63. The average Bonchev–Trinajstić information content (AvgIpc) is 2.82. The molecular weight excluding hydrogens is 422 g/mol. The normalized spacial score (nSPS) is 32.4. The molecule has 30 heavy (non-hydrogen) atoms. The molecule has 1 unspecified atom stereocenters. The fourth-order valence-corrected chi connectivity index (χ4v) is 4.03. The summed E-state index contributed by atoms with van der Waals surface area (Å²) in [7, 11) is -4.51. The van der Waals surface area contributed by atoms with E-state index in [9.17, 15) is 24.2 Å². The SMILES string of the molecule is C=C1C=CN([C@@H]2O[C@H](COP(=O)(O)N[C@@H](C)C(=O)OC(C)C)[C@@H](O)[C@@]2(C)F)C(=O)C1. The van der Waals surface area contributed by atoms with Crippen LogP contribution in [0.2, 0.25) is 0 Å². The molecule has 0 aliphatic carbocycles. The van der Waals surface area contributed by atoms with E-state index in [1.54, 1.807) is 13.8 Å². The van der Waals surface area contributed by atoms with Crippen LogP contribution in [0.1, 0.15) is 34.1 Å². The van der Waals surface area contributed by atoms with Gasteiger partial charge in [-0.25, -0.2) is 14.0 Å². The van der Waals surface area contributed by atoms with Crippen LogP contribution in [-0.4, -0.2) is 69.6 Å². The van der Waals surface area contributed by atoms with Gasteiger partial charge in [0, 0.05) is 6.20 Å². The number of aliphatic hydroxyl groups excluding tert-OH is 1. The monoisotopic (exact) mass is 450 g/mol. The van der Waals surface area contributed by atoms with E-state index >= 15 is 4.39 Å². The minimum atomic E-state index is -4.51. The van der Waals surface area contributed by atoms with Gasteiger partial charge < -0.3 is 19.5 Å². The molecule has 2 heterocycles. The first-order valence-corrected chi connectivity index (χ1v) is 11.0. The Morgan fingerprint density at radius 3 is 2.73 bits per heavy atom. The molecule has 2 rings (SSSR count). The first-order valence-electron chi connectivity index (χ1n) is 9.40. The third-order valence-electron chi connectivity index (χ3n) is 4.58. The van der Waals surface area contributed by atoms with Crippen LogP contribution in [0.3, 0.4) is 0 Å². The number of alkyl halides is 1. The third kappa shape index (κ3) is 5.75. The lowest BCUT2D eigenvalue weighted by Crippen LogP contribution is -2.50. The Morgan fingerprint density at radius 1 is 1.53 bits per heavy atom. The number of amides is 1. The van der Waals surface area contributed by atoms with Crippen molar-refractivity contribution in [1.82, 2.24) is 9.99 Å². The summed E-state index contributed by atoms with van der Waals surface area (Å²) >= 11 is 0. The second-order valence-corrected chi connectivity index (χ2v) is 9.28. The van der Waals surface area contributed by atoms with Crippen molar-refractivity contribution in [1.29, 1.82) is 0 Å². The summed E-state index contributed by atoms with van der Waals surface area (Å²) < 4.78 is 42.6. The van der Waals surface area contributed by atoms with E-state index in [-0.39, 0.29) is 6.42 Å². The zero-order valence-corrected chi connectivity index (χ0v) is 18.2. The molecule has 6 atom stereocenters. The number of rotatable bonds is 8. The second kappa shape index (κ2) is 9.25. The standard InChI is InChI=1S/C18H28FN2O8P/c1-10(2)28-16(24)12(4)20-30(25,26)27-9-13-15(23)18(5,19)17(29-13)21-7-6-11(3)8-14(21)22/h6-7,10,12-13,15,17,23H,3,8-9H2,1-2,4-5H3,(H2,20,25,26)/t12-,13+,15+,17+,18+/m0/s1. The van der Waals surface area contributed by atoms with Crippen LogP contribution in [-0.2, 0) is 28.2 Å². The first-order chi connectivity index (χ1) is 13.7. The van der Waals surface area contributed by atoms with Crippen molar-refractivity contribution in [3.63, 3.8) is 0 Å². The van der Waals surface area contributed by atoms with Crippen LogP contribution in [0.4, 0.5) is 4.39 Å². The molecule has 1 saturated heterocycles. The van der Waals surface area contributed by atoms with Gasteiger partial charge in [-0.1, -0.05) is 6.58 Å². The molecule has 0 bridgehead atoms. The maximum absolute atomic E-state index is 15.1. The molecule has 1 amide bonds. The Morgan fingerprint density at radius 2 is 2.17 bits per heavy atom. The predicted octanol–water partition coefficient (Wildman–Crippen LogP) is 1.15. The van der Waals surface area contributed by atoms with E-state index in [1.807, 2.05) is 0 Å². The molecular formula is C18H28FN2O8P. The van der Waals surface area contributed by atoms with Gasteiger partial charge in [0.05, 0.1) is 19.1 Å². The van der Waals surface area contributed by atoms with Gasteiger partial charge in [0.2, 0.25) is 5.91 Å². The van der Waals surface area contributed by atoms with E-state index in [1.165, 1.54) is 19.2 Å². The van der Waals surface area contributed by atoms with E-state index < -0.39 is 62.5 Å². The highest BCUT2D eigenvalue weighted by Crippen LogP contribution is 2.42. The van der Waals surface area contributed by atoms with Crippen molar-refractivity contribution in [2.45, 2.75) is 70.4 Å². The average molecular weight is 450 g/mol. The van der Waals surface area contributed by atoms with Gasteiger partial charge >= 0.3 is 13.7 Å². The number of allylic oxidation sites excluding steroid dienone is 1. The molecule has 0 aromatic heterocycles. The number of hydrogen-bond donors (Lipinski definition) is 3. The van der Waals surface area contributed by atoms with E-state index in [0.717, 1.165) is 11.8 Å². The molecule has 0 aromatic rings. The highest BCUT2D eigenvalue weighted by molar-refractivity contribution is 7.50. The molecule has 2 aliphatic rings. The number of esters is 1. The summed E-state index contributed by atoms with van der Waals surface area (Å²) in [4.78, 5) is 34.9. The molecule has 1 fully saturated rings. The van der Waals surface area contributed by atoms with Gasteiger partial charge in [0.15, 0.2) is 11.9 Å². The van der Waals surface area contributed by atoms with Crippen LogP contribution in [0.5, 0.6) is 0 Å². The Hall–Kier alpha value is -1.62. The highest BCUT2D eigenvalue weighted by atomic mass is 31.2. The van der Waals surface area contributed by atoms with Crippen LogP contribution in [0.25, 0.3) is 0 Å². The molecule has 10 nitrogen and oxygen atoms in total. The van der Waals surface area contributed by atoms with E-state index in [4.69, 9.17) is 14.0 Å². The second-order valence-electron chi connectivity index (χ2n) is 7.73. The number of carbonyl (C=O) groups is 2. The summed E-state index contributed by atoms with van der Waals surface area (Å²) in [5.74, 6) is -1.22. The van der Waals surface area contributed by atoms with Gasteiger partial charge in [-0.3, -0.25) is 19.0 Å². The van der Waals surface area contributed by atoms with Crippen molar-refractivity contribution in [3.05, 3.63) is 24.4 Å². The molecule has 0 saturated carbocycles.